The molecule has 0 bridgehead atoms. The van der Waals surface area contributed by atoms with E-state index >= 15 is 0 Å². The third-order valence-electron chi connectivity index (χ3n) is 3.90. The number of rotatable bonds is 0. The number of carbonyl (C=O) groups is 2. The van der Waals surface area contributed by atoms with E-state index in [0.29, 0.717) is 0 Å². The number of nitrogens with zero attached hydrogens (tertiary/aromatic N) is 1. The summed E-state index contributed by atoms with van der Waals surface area (Å²) in [5, 5.41) is 0. The normalized spacial score (nSPS) is 43.6. The number of amides is 1. The van der Waals surface area contributed by atoms with E-state index in [4.69, 9.17) is 0 Å². The number of likely N-dealkylation sites (tertiary alicyclic amines) is 1. The maximum absolute atomic E-state index is 11.9. The van der Waals surface area contributed by atoms with Gasteiger partial charge in [0.25, 0.3) is 0 Å². The third-order valence-corrected chi connectivity index (χ3v) is 3.90. The zero-order chi connectivity index (χ0) is 10.1. The molecule has 1 saturated heterocycles. The summed E-state index contributed by atoms with van der Waals surface area (Å²) in [6.07, 6.45) is 5.95. The minimum absolute atomic E-state index is 0.0126. The van der Waals surface area contributed by atoms with Crippen molar-refractivity contribution in [3.8, 4) is 0 Å². The Hall–Kier alpha value is -1.38. The lowest BCUT2D eigenvalue weighted by atomic mass is 9.90. The van der Waals surface area contributed by atoms with Gasteiger partial charge in [-0.3, -0.25) is 9.59 Å². The molecule has 1 aliphatic heterocycles. The first kappa shape index (κ1) is 7.97. The molecule has 14 heavy (non-hydrogen) atoms. The number of carbonyl (C=O) groups excluding carboxylic acids is 2. The SMILES string of the molecule is CN1C(=O)[C@@]2(C)C[C@]23C=CC(=O)C=C13. The van der Waals surface area contributed by atoms with Crippen LogP contribution in [-0.2, 0) is 9.59 Å². The molecule has 3 aliphatic rings. The minimum Gasteiger partial charge on any atom is -0.318 e. The Kier molecular flexibility index (Phi) is 1.05. The first-order valence-corrected chi connectivity index (χ1v) is 4.75. The van der Waals surface area contributed by atoms with Crippen LogP contribution in [0.2, 0.25) is 0 Å². The molecule has 2 atom stereocenters. The number of ketones is 1. The van der Waals surface area contributed by atoms with Crippen molar-refractivity contribution < 1.29 is 9.59 Å². The van der Waals surface area contributed by atoms with E-state index in [2.05, 4.69) is 0 Å². The second kappa shape index (κ2) is 1.85. The zero-order valence-corrected chi connectivity index (χ0v) is 8.20. The second-order valence-corrected chi connectivity index (χ2v) is 4.61. The fourth-order valence-corrected chi connectivity index (χ4v) is 2.89. The average Bonchev–Trinajstić information content (AvgIpc) is 2.71. The number of piperidine rings is 1. The van der Waals surface area contributed by atoms with E-state index < -0.39 is 0 Å². The molecule has 2 fully saturated rings. The molecule has 2 aliphatic carbocycles. The van der Waals surface area contributed by atoms with Crippen molar-refractivity contribution in [1.82, 2.24) is 4.90 Å². The lowest BCUT2D eigenvalue weighted by Gasteiger charge is -2.20. The maximum Gasteiger partial charge on any atom is 0.233 e. The molecule has 0 aromatic heterocycles. The van der Waals surface area contributed by atoms with Gasteiger partial charge in [0.05, 0.1) is 5.41 Å². The molecule has 3 rings (SSSR count). The zero-order valence-electron chi connectivity index (χ0n) is 8.20. The van der Waals surface area contributed by atoms with Crippen LogP contribution < -0.4 is 0 Å². The Morgan fingerprint density at radius 1 is 1.43 bits per heavy atom. The van der Waals surface area contributed by atoms with Gasteiger partial charge >= 0.3 is 0 Å². The molecule has 3 heteroatoms. The first-order valence-electron chi connectivity index (χ1n) is 4.75. The van der Waals surface area contributed by atoms with Gasteiger partial charge < -0.3 is 4.90 Å². The summed E-state index contributed by atoms with van der Waals surface area (Å²) in [4.78, 5) is 24.7. The first-order chi connectivity index (χ1) is 6.51. The summed E-state index contributed by atoms with van der Waals surface area (Å²) in [5.41, 5.74) is 0.467. The summed E-state index contributed by atoms with van der Waals surface area (Å²) < 4.78 is 0. The molecule has 0 aromatic carbocycles. The number of hydrogen-bond acceptors (Lipinski definition) is 2. The van der Waals surface area contributed by atoms with Gasteiger partial charge in [0.1, 0.15) is 0 Å². The Balaban J connectivity index is 2.21. The summed E-state index contributed by atoms with van der Waals surface area (Å²) >= 11 is 0. The van der Waals surface area contributed by atoms with Crippen LogP contribution in [0, 0.1) is 10.8 Å². The predicted molar refractivity (Wildman–Crippen MR) is 50.2 cm³/mol. The highest BCUT2D eigenvalue weighted by Crippen LogP contribution is 2.74. The van der Waals surface area contributed by atoms with Crippen LogP contribution in [0.4, 0.5) is 0 Å². The molecule has 3 nitrogen and oxygen atoms in total. The quantitative estimate of drug-likeness (QED) is 0.567. The Morgan fingerprint density at radius 3 is 2.86 bits per heavy atom. The Labute approximate surface area is 82.1 Å². The van der Waals surface area contributed by atoms with Gasteiger partial charge in [-0.15, -0.1) is 0 Å². The van der Waals surface area contributed by atoms with Crippen molar-refractivity contribution in [1.29, 1.82) is 0 Å². The van der Waals surface area contributed by atoms with Crippen molar-refractivity contribution >= 4 is 11.7 Å². The van der Waals surface area contributed by atoms with Crippen molar-refractivity contribution in [2.75, 3.05) is 7.05 Å². The molecule has 1 heterocycles. The van der Waals surface area contributed by atoms with Crippen LogP contribution in [0.3, 0.4) is 0 Å². The van der Waals surface area contributed by atoms with E-state index in [1.807, 2.05) is 13.0 Å². The van der Waals surface area contributed by atoms with Gasteiger partial charge in [-0.25, -0.2) is 0 Å². The molecular weight excluding hydrogens is 178 g/mol. The molecular formula is C11H11NO2. The third kappa shape index (κ3) is 0.567. The summed E-state index contributed by atoms with van der Waals surface area (Å²) in [6.45, 7) is 1.98. The van der Waals surface area contributed by atoms with Gasteiger partial charge in [0.2, 0.25) is 5.91 Å². The van der Waals surface area contributed by atoms with Gasteiger partial charge in [-0.1, -0.05) is 6.08 Å². The standard InChI is InChI=1S/C11H11NO2/c1-10-6-11(10)4-3-7(13)5-8(11)12(2)9(10)14/h3-5H,6H2,1-2H3/t10-,11+/m1/s1. The lowest BCUT2D eigenvalue weighted by Crippen LogP contribution is -2.26. The van der Waals surface area contributed by atoms with Crippen molar-refractivity contribution in [2.45, 2.75) is 13.3 Å². The molecule has 0 N–H and O–H groups in total. The maximum atomic E-state index is 11.9. The smallest absolute Gasteiger partial charge is 0.233 e. The molecule has 1 saturated carbocycles. The molecule has 0 radical (unpaired) electrons. The molecule has 72 valence electrons. The fourth-order valence-electron chi connectivity index (χ4n) is 2.89. The summed E-state index contributed by atoms with van der Waals surface area (Å²) in [5.74, 6) is 0.129. The summed E-state index contributed by atoms with van der Waals surface area (Å²) in [6, 6.07) is 0. The van der Waals surface area contributed by atoms with Crippen LogP contribution in [0.15, 0.2) is 23.9 Å². The number of allylic oxidation sites excluding steroid dienone is 3. The van der Waals surface area contributed by atoms with E-state index in [0.717, 1.165) is 12.1 Å². The van der Waals surface area contributed by atoms with Crippen LogP contribution in [0.25, 0.3) is 0 Å². The van der Waals surface area contributed by atoms with Gasteiger partial charge in [-0.2, -0.15) is 0 Å². The lowest BCUT2D eigenvalue weighted by molar-refractivity contribution is -0.131. The Bertz CT molecular complexity index is 435. The van der Waals surface area contributed by atoms with Crippen molar-refractivity contribution in [3.63, 3.8) is 0 Å². The Morgan fingerprint density at radius 2 is 2.14 bits per heavy atom. The largest absolute Gasteiger partial charge is 0.318 e. The minimum atomic E-state index is -0.273. The fraction of sp³-hybridized carbons (Fsp3) is 0.455. The topological polar surface area (TPSA) is 37.4 Å². The second-order valence-electron chi connectivity index (χ2n) is 4.61. The average molecular weight is 189 g/mol. The van der Waals surface area contributed by atoms with Crippen molar-refractivity contribution in [2.24, 2.45) is 10.8 Å². The van der Waals surface area contributed by atoms with Crippen LogP contribution in [0.5, 0.6) is 0 Å². The highest BCUT2D eigenvalue weighted by atomic mass is 16.2. The van der Waals surface area contributed by atoms with E-state index in [1.165, 1.54) is 0 Å². The highest BCUT2D eigenvalue weighted by molar-refractivity contribution is 6.05. The summed E-state index contributed by atoms with van der Waals surface area (Å²) in [7, 11) is 1.75. The van der Waals surface area contributed by atoms with E-state index in [1.54, 1.807) is 24.1 Å². The monoisotopic (exact) mass is 189 g/mol. The van der Waals surface area contributed by atoms with Crippen LogP contribution >= 0.6 is 0 Å². The van der Waals surface area contributed by atoms with Gasteiger partial charge in [0.15, 0.2) is 5.78 Å². The molecule has 1 amide bonds. The molecule has 1 spiro atoms. The van der Waals surface area contributed by atoms with Crippen LogP contribution in [-0.4, -0.2) is 23.6 Å². The molecule has 0 unspecified atom stereocenters. The van der Waals surface area contributed by atoms with Gasteiger partial charge in [-0.05, 0) is 19.4 Å². The molecule has 0 aromatic rings. The van der Waals surface area contributed by atoms with E-state index in [9.17, 15) is 9.59 Å². The van der Waals surface area contributed by atoms with Crippen molar-refractivity contribution in [3.05, 3.63) is 23.9 Å². The van der Waals surface area contributed by atoms with E-state index in [-0.39, 0.29) is 22.5 Å². The highest BCUT2D eigenvalue weighted by Gasteiger charge is 2.76. The van der Waals surface area contributed by atoms with Crippen LogP contribution in [0.1, 0.15) is 13.3 Å². The number of hydrogen-bond donors (Lipinski definition) is 0. The van der Waals surface area contributed by atoms with Gasteiger partial charge in [0, 0.05) is 24.2 Å². The predicted octanol–water partition coefficient (Wildman–Crippen LogP) is 0.878.